The van der Waals surface area contributed by atoms with E-state index in [0.717, 1.165) is 57.4 Å². The van der Waals surface area contributed by atoms with Crippen LogP contribution in [0.25, 0.3) is 0 Å². The minimum absolute atomic E-state index is 0.597. The molecule has 0 unspecified atom stereocenters. The molecule has 0 aliphatic carbocycles. The van der Waals surface area contributed by atoms with Crippen LogP contribution >= 0.6 is 11.6 Å². The predicted molar refractivity (Wildman–Crippen MR) is 82.3 cm³/mol. The Labute approximate surface area is 126 Å². The van der Waals surface area contributed by atoms with Crippen LogP contribution in [0.15, 0.2) is 18.2 Å². The Morgan fingerprint density at radius 2 is 2.05 bits per heavy atom. The lowest BCUT2D eigenvalue weighted by molar-refractivity contribution is 0.0115. The maximum atomic E-state index is 6.28. The van der Waals surface area contributed by atoms with Gasteiger partial charge in [0, 0.05) is 43.8 Å². The number of rotatable bonds is 3. The molecule has 2 heterocycles. The van der Waals surface area contributed by atoms with E-state index in [2.05, 4.69) is 28.9 Å². The van der Waals surface area contributed by atoms with Crippen LogP contribution in [0.2, 0.25) is 5.02 Å². The van der Waals surface area contributed by atoms with Crippen molar-refractivity contribution in [1.29, 1.82) is 0 Å². The zero-order valence-corrected chi connectivity index (χ0v) is 12.9. The largest absolute Gasteiger partial charge is 0.379 e. The number of morpholine rings is 1. The molecular weight excluding hydrogens is 272 g/mol. The highest BCUT2D eigenvalue weighted by Gasteiger charge is 2.23. The molecule has 1 atom stereocenters. The number of fused-ring (bicyclic) bond motifs is 1. The van der Waals surface area contributed by atoms with Crippen molar-refractivity contribution in [2.75, 3.05) is 39.4 Å². The van der Waals surface area contributed by atoms with E-state index in [1.807, 2.05) is 6.07 Å². The summed E-state index contributed by atoms with van der Waals surface area (Å²) >= 11 is 6.28. The molecule has 4 heteroatoms. The first kappa shape index (κ1) is 14.3. The topological polar surface area (TPSA) is 15.7 Å². The third kappa shape index (κ3) is 3.17. The standard InChI is InChI=1S/C16H23ClN2O/c1-13(19-7-9-20-10-8-19)11-18-6-5-15-14(12-18)3-2-4-16(15)17/h2-4,13H,5-12H2,1H3/t13-/m1/s1. The summed E-state index contributed by atoms with van der Waals surface area (Å²) in [5.74, 6) is 0. The van der Waals surface area contributed by atoms with E-state index in [1.165, 1.54) is 11.1 Å². The van der Waals surface area contributed by atoms with E-state index < -0.39 is 0 Å². The molecular formula is C16H23ClN2O. The van der Waals surface area contributed by atoms with Gasteiger partial charge in [-0.1, -0.05) is 23.7 Å². The normalized spacial score (nSPS) is 22.5. The Hall–Kier alpha value is -0.610. The number of halogens is 1. The van der Waals surface area contributed by atoms with Crippen LogP contribution in [0.5, 0.6) is 0 Å². The molecule has 0 radical (unpaired) electrons. The Morgan fingerprint density at radius 1 is 1.25 bits per heavy atom. The van der Waals surface area contributed by atoms with Crippen molar-refractivity contribution in [3.63, 3.8) is 0 Å². The van der Waals surface area contributed by atoms with Gasteiger partial charge in [0.25, 0.3) is 0 Å². The van der Waals surface area contributed by atoms with E-state index in [9.17, 15) is 0 Å². The van der Waals surface area contributed by atoms with E-state index >= 15 is 0 Å². The minimum atomic E-state index is 0.597. The van der Waals surface area contributed by atoms with Crippen molar-refractivity contribution in [2.45, 2.75) is 25.9 Å². The van der Waals surface area contributed by atoms with Crippen LogP contribution in [0, 0.1) is 0 Å². The fourth-order valence-electron chi connectivity index (χ4n) is 3.28. The summed E-state index contributed by atoms with van der Waals surface area (Å²) in [6.07, 6.45) is 1.07. The predicted octanol–water partition coefficient (Wildman–Crippen LogP) is 2.42. The molecule has 20 heavy (non-hydrogen) atoms. The van der Waals surface area contributed by atoms with Gasteiger partial charge in [0.2, 0.25) is 0 Å². The number of nitrogens with zero attached hydrogens (tertiary/aromatic N) is 2. The summed E-state index contributed by atoms with van der Waals surface area (Å²) in [4.78, 5) is 5.09. The molecule has 0 amide bonds. The highest BCUT2D eigenvalue weighted by Crippen LogP contribution is 2.26. The van der Waals surface area contributed by atoms with Gasteiger partial charge in [-0.05, 0) is 30.5 Å². The van der Waals surface area contributed by atoms with Crippen molar-refractivity contribution >= 4 is 11.6 Å². The van der Waals surface area contributed by atoms with Gasteiger partial charge in [-0.3, -0.25) is 9.80 Å². The third-order valence-electron chi connectivity index (χ3n) is 4.48. The summed E-state index contributed by atoms with van der Waals surface area (Å²) in [7, 11) is 0. The molecule has 110 valence electrons. The molecule has 2 aliphatic rings. The average molecular weight is 295 g/mol. The smallest absolute Gasteiger partial charge is 0.0594 e. The first-order chi connectivity index (χ1) is 9.74. The highest BCUT2D eigenvalue weighted by molar-refractivity contribution is 6.31. The second-order valence-corrected chi connectivity index (χ2v) is 6.27. The first-order valence-corrected chi connectivity index (χ1v) is 7.92. The van der Waals surface area contributed by atoms with Crippen LogP contribution in [-0.4, -0.2) is 55.2 Å². The molecule has 1 aromatic carbocycles. The van der Waals surface area contributed by atoms with Crippen molar-refractivity contribution in [3.8, 4) is 0 Å². The summed E-state index contributed by atoms with van der Waals surface area (Å²) < 4.78 is 5.43. The first-order valence-electron chi connectivity index (χ1n) is 7.54. The summed E-state index contributed by atoms with van der Waals surface area (Å²) in [6, 6.07) is 6.88. The number of benzene rings is 1. The number of hydrogen-bond acceptors (Lipinski definition) is 3. The average Bonchev–Trinajstić information content (AvgIpc) is 2.48. The van der Waals surface area contributed by atoms with Gasteiger partial charge in [0.15, 0.2) is 0 Å². The Kier molecular flexibility index (Phi) is 4.61. The maximum absolute atomic E-state index is 6.28. The SMILES string of the molecule is C[C@H](CN1CCc2c(Cl)cccc2C1)N1CCOCC1. The molecule has 0 aromatic heterocycles. The van der Waals surface area contributed by atoms with E-state index in [1.54, 1.807) is 0 Å². The molecule has 1 saturated heterocycles. The van der Waals surface area contributed by atoms with Gasteiger partial charge >= 0.3 is 0 Å². The molecule has 3 nitrogen and oxygen atoms in total. The Morgan fingerprint density at radius 3 is 2.85 bits per heavy atom. The van der Waals surface area contributed by atoms with Crippen LogP contribution in [-0.2, 0) is 17.7 Å². The summed E-state index contributed by atoms with van der Waals surface area (Å²) in [5, 5.41) is 0.934. The molecule has 2 aliphatic heterocycles. The lowest BCUT2D eigenvalue weighted by Crippen LogP contribution is -2.48. The van der Waals surface area contributed by atoms with Crippen molar-refractivity contribution in [3.05, 3.63) is 34.3 Å². The van der Waals surface area contributed by atoms with Gasteiger partial charge in [0.05, 0.1) is 13.2 Å². The molecule has 3 rings (SSSR count). The summed E-state index contributed by atoms with van der Waals surface area (Å²) in [5.41, 5.74) is 2.75. The molecule has 0 bridgehead atoms. The molecule has 1 fully saturated rings. The van der Waals surface area contributed by atoms with Gasteiger partial charge in [-0.15, -0.1) is 0 Å². The number of ether oxygens (including phenoxy) is 1. The fraction of sp³-hybridized carbons (Fsp3) is 0.625. The van der Waals surface area contributed by atoms with Crippen molar-refractivity contribution < 1.29 is 4.74 Å². The van der Waals surface area contributed by atoms with Gasteiger partial charge < -0.3 is 4.74 Å². The summed E-state index contributed by atoms with van der Waals surface area (Å²) in [6.45, 7) is 9.50. The lowest BCUT2D eigenvalue weighted by Gasteiger charge is -2.37. The van der Waals surface area contributed by atoms with Crippen LogP contribution < -0.4 is 0 Å². The second kappa shape index (κ2) is 6.44. The zero-order valence-electron chi connectivity index (χ0n) is 12.1. The van der Waals surface area contributed by atoms with Gasteiger partial charge in [0.1, 0.15) is 0 Å². The van der Waals surface area contributed by atoms with Gasteiger partial charge in [-0.2, -0.15) is 0 Å². The van der Waals surface area contributed by atoms with E-state index in [4.69, 9.17) is 16.3 Å². The fourth-order valence-corrected chi connectivity index (χ4v) is 3.57. The zero-order chi connectivity index (χ0) is 13.9. The molecule has 0 spiro atoms. The van der Waals surface area contributed by atoms with E-state index in [-0.39, 0.29) is 0 Å². The van der Waals surface area contributed by atoms with Crippen LogP contribution in [0.1, 0.15) is 18.1 Å². The van der Waals surface area contributed by atoms with Crippen LogP contribution in [0.4, 0.5) is 0 Å². The monoisotopic (exact) mass is 294 g/mol. The molecule has 0 saturated carbocycles. The third-order valence-corrected chi connectivity index (χ3v) is 4.83. The van der Waals surface area contributed by atoms with Gasteiger partial charge in [-0.25, -0.2) is 0 Å². The van der Waals surface area contributed by atoms with E-state index in [0.29, 0.717) is 6.04 Å². The van der Waals surface area contributed by atoms with Crippen LogP contribution in [0.3, 0.4) is 0 Å². The Bertz CT molecular complexity index is 460. The molecule has 0 N–H and O–H groups in total. The maximum Gasteiger partial charge on any atom is 0.0594 e. The van der Waals surface area contributed by atoms with Crippen molar-refractivity contribution in [1.82, 2.24) is 9.80 Å². The minimum Gasteiger partial charge on any atom is -0.379 e. The number of hydrogen-bond donors (Lipinski definition) is 0. The Balaban J connectivity index is 1.59. The molecule has 1 aromatic rings. The van der Waals surface area contributed by atoms with Crippen molar-refractivity contribution in [2.24, 2.45) is 0 Å². The second-order valence-electron chi connectivity index (χ2n) is 5.86. The quantitative estimate of drug-likeness (QED) is 0.851. The lowest BCUT2D eigenvalue weighted by atomic mass is 9.99. The highest BCUT2D eigenvalue weighted by atomic mass is 35.5.